The van der Waals surface area contributed by atoms with Crippen molar-refractivity contribution in [1.82, 2.24) is 9.88 Å². The molecule has 1 aliphatic carbocycles. The average Bonchev–Trinajstić information content (AvgIpc) is 3.03. The molecule has 1 saturated carbocycles. The van der Waals surface area contributed by atoms with Gasteiger partial charge in [0, 0.05) is 24.0 Å². The van der Waals surface area contributed by atoms with Crippen molar-refractivity contribution in [3.05, 3.63) is 52.1 Å². The standard InChI is InChI=1S/C24H32FN3O3/c1-5-31-23(29)22-16(3)20(17(4)26-22)14-28(19-9-7-6-8-10-19)24(30)27-18-12-11-15(2)21(25)13-18/h11-13,19,26H,5-10,14H2,1-4H3,(H,27,30). The van der Waals surface area contributed by atoms with Gasteiger partial charge in [-0.2, -0.15) is 0 Å². The molecule has 1 fully saturated rings. The summed E-state index contributed by atoms with van der Waals surface area (Å²) in [6, 6.07) is 4.55. The van der Waals surface area contributed by atoms with E-state index < -0.39 is 5.97 Å². The SMILES string of the molecule is CCOC(=O)c1[nH]c(C)c(CN(C(=O)Nc2ccc(C)c(F)c2)C2CCCCC2)c1C. The third-order valence-electron chi connectivity index (χ3n) is 6.10. The number of rotatable bonds is 6. The summed E-state index contributed by atoms with van der Waals surface area (Å²) in [5.41, 5.74) is 3.95. The summed E-state index contributed by atoms with van der Waals surface area (Å²) < 4.78 is 19.1. The number of carbonyl (C=O) groups excluding carboxylic acids is 2. The van der Waals surface area contributed by atoms with E-state index in [1.54, 1.807) is 26.0 Å². The van der Waals surface area contributed by atoms with Gasteiger partial charge < -0.3 is 19.9 Å². The Kier molecular flexibility index (Phi) is 7.36. The second kappa shape index (κ2) is 9.98. The first kappa shape index (κ1) is 22.8. The lowest BCUT2D eigenvalue weighted by Crippen LogP contribution is -2.43. The Balaban J connectivity index is 1.86. The van der Waals surface area contributed by atoms with E-state index in [1.807, 2.05) is 18.7 Å². The van der Waals surface area contributed by atoms with Crippen molar-refractivity contribution < 1.29 is 18.7 Å². The number of nitrogens with one attached hydrogen (secondary N) is 2. The number of hydrogen-bond donors (Lipinski definition) is 2. The van der Waals surface area contributed by atoms with Gasteiger partial charge in [0.25, 0.3) is 0 Å². The van der Waals surface area contributed by atoms with Gasteiger partial charge in [0.2, 0.25) is 0 Å². The quantitative estimate of drug-likeness (QED) is 0.585. The van der Waals surface area contributed by atoms with E-state index in [2.05, 4.69) is 10.3 Å². The normalized spacial score (nSPS) is 14.4. The van der Waals surface area contributed by atoms with Crippen LogP contribution in [0.3, 0.4) is 0 Å². The molecule has 0 aliphatic heterocycles. The maximum Gasteiger partial charge on any atom is 0.355 e. The molecular formula is C24H32FN3O3. The molecule has 2 aromatic rings. The van der Waals surface area contributed by atoms with Crippen LogP contribution in [0.4, 0.5) is 14.9 Å². The second-order valence-electron chi connectivity index (χ2n) is 8.26. The molecule has 1 aromatic heterocycles. The average molecular weight is 430 g/mol. The van der Waals surface area contributed by atoms with E-state index in [0.29, 0.717) is 30.1 Å². The molecule has 0 unspecified atom stereocenters. The van der Waals surface area contributed by atoms with Crippen LogP contribution in [0.5, 0.6) is 0 Å². The minimum absolute atomic E-state index is 0.101. The third-order valence-corrected chi connectivity index (χ3v) is 6.10. The van der Waals surface area contributed by atoms with Gasteiger partial charge in [0.15, 0.2) is 0 Å². The predicted octanol–water partition coefficient (Wildman–Crippen LogP) is 5.62. The largest absolute Gasteiger partial charge is 0.461 e. The van der Waals surface area contributed by atoms with Gasteiger partial charge in [-0.15, -0.1) is 0 Å². The molecule has 168 valence electrons. The molecule has 0 atom stereocenters. The van der Waals surface area contributed by atoms with E-state index in [0.717, 1.165) is 42.5 Å². The molecule has 0 bridgehead atoms. The summed E-state index contributed by atoms with van der Waals surface area (Å²) in [5.74, 6) is -0.739. The maximum absolute atomic E-state index is 14.0. The fourth-order valence-corrected chi connectivity index (χ4v) is 4.23. The minimum Gasteiger partial charge on any atom is -0.461 e. The first-order valence-electron chi connectivity index (χ1n) is 11.0. The monoisotopic (exact) mass is 429 g/mol. The number of esters is 1. The van der Waals surface area contributed by atoms with Crippen molar-refractivity contribution in [2.45, 2.75) is 72.4 Å². The molecule has 31 heavy (non-hydrogen) atoms. The van der Waals surface area contributed by atoms with Crippen LogP contribution >= 0.6 is 0 Å². The van der Waals surface area contributed by atoms with Gasteiger partial charge in [-0.1, -0.05) is 25.3 Å². The number of aryl methyl sites for hydroxylation is 2. The summed E-state index contributed by atoms with van der Waals surface area (Å²) in [7, 11) is 0. The fourth-order valence-electron chi connectivity index (χ4n) is 4.23. The first-order chi connectivity index (χ1) is 14.8. The van der Waals surface area contributed by atoms with Crippen LogP contribution in [0.15, 0.2) is 18.2 Å². The molecule has 1 heterocycles. The number of nitrogens with zero attached hydrogens (tertiary/aromatic N) is 1. The highest BCUT2D eigenvalue weighted by Crippen LogP contribution is 2.28. The number of aromatic nitrogens is 1. The number of carbonyl (C=O) groups is 2. The molecule has 0 radical (unpaired) electrons. The Hall–Kier alpha value is -2.83. The molecular weight excluding hydrogens is 397 g/mol. The van der Waals surface area contributed by atoms with Crippen LogP contribution in [-0.2, 0) is 11.3 Å². The fraction of sp³-hybridized carbons (Fsp3) is 0.500. The smallest absolute Gasteiger partial charge is 0.355 e. The zero-order valence-electron chi connectivity index (χ0n) is 18.8. The summed E-state index contributed by atoms with van der Waals surface area (Å²) in [6.45, 7) is 7.91. The number of anilines is 1. The predicted molar refractivity (Wildman–Crippen MR) is 119 cm³/mol. The van der Waals surface area contributed by atoms with E-state index in [-0.39, 0.29) is 17.9 Å². The van der Waals surface area contributed by atoms with Crippen LogP contribution < -0.4 is 5.32 Å². The molecule has 6 nitrogen and oxygen atoms in total. The number of H-pyrrole nitrogens is 1. The minimum atomic E-state index is -0.391. The molecule has 3 rings (SSSR count). The number of halogens is 1. The Morgan fingerprint density at radius 2 is 1.90 bits per heavy atom. The highest BCUT2D eigenvalue weighted by molar-refractivity contribution is 5.91. The summed E-state index contributed by atoms with van der Waals surface area (Å²) in [4.78, 5) is 30.5. The number of hydrogen-bond acceptors (Lipinski definition) is 3. The van der Waals surface area contributed by atoms with Crippen LogP contribution in [0.1, 0.15) is 71.9 Å². The lowest BCUT2D eigenvalue weighted by Gasteiger charge is -2.34. The topological polar surface area (TPSA) is 74.4 Å². The maximum atomic E-state index is 14.0. The van der Waals surface area contributed by atoms with Crippen molar-refractivity contribution >= 4 is 17.7 Å². The zero-order chi connectivity index (χ0) is 22.5. The molecule has 2 N–H and O–H groups in total. The van der Waals surface area contributed by atoms with Crippen molar-refractivity contribution in [3.8, 4) is 0 Å². The van der Waals surface area contributed by atoms with Gasteiger partial charge in [-0.05, 0) is 69.4 Å². The number of aromatic amines is 1. The van der Waals surface area contributed by atoms with E-state index in [1.165, 1.54) is 12.5 Å². The van der Waals surface area contributed by atoms with Gasteiger partial charge in [0.05, 0.1) is 6.61 Å². The van der Waals surface area contributed by atoms with Gasteiger partial charge in [0.1, 0.15) is 11.5 Å². The number of urea groups is 1. The van der Waals surface area contributed by atoms with E-state index in [9.17, 15) is 14.0 Å². The van der Waals surface area contributed by atoms with Crippen LogP contribution in [0, 0.1) is 26.6 Å². The van der Waals surface area contributed by atoms with Crippen molar-refractivity contribution in [2.75, 3.05) is 11.9 Å². The van der Waals surface area contributed by atoms with Gasteiger partial charge in [-0.25, -0.2) is 14.0 Å². The van der Waals surface area contributed by atoms with Crippen molar-refractivity contribution in [3.63, 3.8) is 0 Å². The first-order valence-corrected chi connectivity index (χ1v) is 11.0. The Labute approximate surface area is 183 Å². The Morgan fingerprint density at radius 3 is 2.55 bits per heavy atom. The van der Waals surface area contributed by atoms with Gasteiger partial charge in [-0.3, -0.25) is 0 Å². The van der Waals surface area contributed by atoms with Crippen LogP contribution in [-0.4, -0.2) is 34.5 Å². The summed E-state index contributed by atoms with van der Waals surface area (Å²) in [5, 5.41) is 2.86. The number of benzene rings is 1. The second-order valence-corrected chi connectivity index (χ2v) is 8.26. The molecule has 1 aromatic carbocycles. The van der Waals surface area contributed by atoms with Gasteiger partial charge >= 0.3 is 12.0 Å². The molecule has 2 amide bonds. The third kappa shape index (κ3) is 5.27. The molecule has 0 spiro atoms. The molecule has 1 aliphatic rings. The lowest BCUT2D eigenvalue weighted by molar-refractivity contribution is 0.0519. The zero-order valence-corrected chi connectivity index (χ0v) is 18.8. The van der Waals surface area contributed by atoms with E-state index in [4.69, 9.17) is 4.74 Å². The Bertz CT molecular complexity index is 948. The summed E-state index contributed by atoms with van der Waals surface area (Å²) >= 11 is 0. The van der Waals surface area contributed by atoms with Crippen molar-refractivity contribution in [2.24, 2.45) is 0 Å². The highest BCUT2D eigenvalue weighted by atomic mass is 19.1. The summed E-state index contributed by atoms with van der Waals surface area (Å²) in [6.07, 6.45) is 5.19. The van der Waals surface area contributed by atoms with E-state index >= 15 is 0 Å². The van der Waals surface area contributed by atoms with Crippen LogP contribution in [0.25, 0.3) is 0 Å². The number of ether oxygens (including phenoxy) is 1. The Morgan fingerprint density at radius 1 is 1.19 bits per heavy atom. The highest BCUT2D eigenvalue weighted by Gasteiger charge is 2.28. The van der Waals surface area contributed by atoms with Crippen molar-refractivity contribution in [1.29, 1.82) is 0 Å². The molecule has 7 heteroatoms. The molecule has 0 saturated heterocycles. The number of amides is 2. The van der Waals surface area contributed by atoms with Crippen LogP contribution in [0.2, 0.25) is 0 Å². The lowest BCUT2D eigenvalue weighted by atomic mass is 9.93.